The molecule has 0 fully saturated rings. The van der Waals surface area contributed by atoms with Crippen molar-refractivity contribution in [3.8, 4) is 0 Å². The minimum absolute atomic E-state index is 0.138. The van der Waals surface area contributed by atoms with E-state index in [1.165, 1.54) is 24.3 Å². The molecule has 0 bridgehead atoms. The number of hydrogen-bond acceptors (Lipinski definition) is 4. The standard InChI is InChI=1S/C20H18ClF3N4O2/c1-2-28(10-17-25-15-8-7-12(21)9-13(15)19(30)27-17)11-18(29)26-16-6-4-3-5-14(16)20(22,23)24/h3-9H,2,10-11H2,1H3,(H,26,29)(H,25,27,30). The first-order chi connectivity index (χ1) is 14.2. The second-order valence-electron chi connectivity index (χ2n) is 6.57. The molecule has 0 aliphatic heterocycles. The molecular formula is C20H18ClF3N4O2. The number of H-pyrrole nitrogens is 1. The van der Waals surface area contributed by atoms with E-state index >= 15 is 0 Å². The average Bonchev–Trinajstić information content (AvgIpc) is 2.67. The van der Waals surface area contributed by atoms with Crippen molar-refractivity contribution in [2.24, 2.45) is 0 Å². The van der Waals surface area contributed by atoms with Crippen molar-refractivity contribution in [1.82, 2.24) is 14.9 Å². The maximum absolute atomic E-state index is 13.1. The number of aromatic nitrogens is 2. The molecule has 158 valence electrons. The van der Waals surface area contributed by atoms with Crippen molar-refractivity contribution >= 4 is 34.1 Å². The zero-order valence-electron chi connectivity index (χ0n) is 15.9. The lowest BCUT2D eigenvalue weighted by Crippen LogP contribution is -2.34. The zero-order chi connectivity index (χ0) is 21.9. The molecule has 1 amide bonds. The summed E-state index contributed by atoms with van der Waals surface area (Å²) in [6.07, 6.45) is -4.58. The van der Waals surface area contributed by atoms with Crippen LogP contribution in [0.1, 0.15) is 18.3 Å². The highest BCUT2D eigenvalue weighted by atomic mass is 35.5. The summed E-state index contributed by atoms with van der Waals surface area (Å²) in [5, 5.41) is 3.06. The second kappa shape index (κ2) is 8.85. The smallest absolute Gasteiger partial charge is 0.324 e. The van der Waals surface area contributed by atoms with Gasteiger partial charge >= 0.3 is 6.18 Å². The Hall–Kier alpha value is -2.91. The number of fused-ring (bicyclic) bond motifs is 1. The van der Waals surface area contributed by atoms with Crippen LogP contribution in [0.3, 0.4) is 0 Å². The second-order valence-corrected chi connectivity index (χ2v) is 7.01. The molecular weight excluding hydrogens is 421 g/mol. The monoisotopic (exact) mass is 438 g/mol. The summed E-state index contributed by atoms with van der Waals surface area (Å²) in [7, 11) is 0. The van der Waals surface area contributed by atoms with Crippen LogP contribution < -0.4 is 10.9 Å². The first-order valence-corrected chi connectivity index (χ1v) is 9.42. The van der Waals surface area contributed by atoms with Gasteiger partial charge in [-0.1, -0.05) is 30.7 Å². The summed E-state index contributed by atoms with van der Waals surface area (Å²) in [5.41, 5.74) is -1.13. The third kappa shape index (κ3) is 5.17. The molecule has 1 aromatic heterocycles. The van der Waals surface area contributed by atoms with Crippen molar-refractivity contribution in [3.63, 3.8) is 0 Å². The lowest BCUT2D eigenvalue weighted by Gasteiger charge is -2.20. The Kier molecular flexibility index (Phi) is 6.42. The summed E-state index contributed by atoms with van der Waals surface area (Å²) in [6, 6.07) is 9.52. The van der Waals surface area contributed by atoms with Crippen LogP contribution in [0.15, 0.2) is 47.3 Å². The molecule has 30 heavy (non-hydrogen) atoms. The molecule has 2 N–H and O–H groups in total. The average molecular weight is 439 g/mol. The number of anilines is 1. The molecule has 6 nitrogen and oxygen atoms in total. The van der Waals surface area contributed by atoms with E-state index in [9.17, 15) is 22.8 Å². The summed E-state index contributed by atoms with van der Waals surface area (Å²) in [4.78, 5) is 33.3. The number of benzene rings is 2. The van der Waals surface area contributed by atoms with Crippen molar-refractivity contribution in [2.45, 2.75) is 19.6 Å². The van der Waals surface area contributed by atoms with E-state index in [4.69, 9.17) is 11.6 Å². The predicted molar refractivity (Wildman–Crippen MR) is 108 cm³/mol. The molecule has 2 aromatic carbocycles. The van der Waals surface area contributed by atoms with Gasteiger partial charge in [-0.3, -0.25) is 14.5 Å². The number of hydrogen-bond donors (Lipinski definition) is 2. The molecule has 0 aliphatic rings. The Morgan fingerprint density at radius 3 is 2.67 bits per heavy atom. The highest BCUT2D eigenvalue weighted by Crippen LogP contribution is 2.34. The third-order valence-corrected chi connectivity index (χ3v) is 4.65. The maximum atomic E-state index is 13.1. The van der Waals surface area contributed by atoms with Crippen LogP contribution in [-0.4, -0.2) is 33.9 Å². The number of halogens is 4. The SMILES string of the molecule is CCN(CC(=O)Nc1ccccc1C(F)(F)F)Cc1nc2ccc(Cl)cc2c(=O)[nH]1. The van der Waals surface area contributed by atoms with E-state index in [0.29, 0.717) is 28.3 Å². The van der Waals surface area contributed by atoms with Crippen molar-refractivity contribution < 1.29 is 18.0 Å². The molecule has 0 saturated carbocycles. The summed E-state index contributed by atoms with van der Waals surface area (Å²) in [6.45, 7) is 2.16. The number of rotatable bonds is 6. The van der Waals surface area contributed by atoms with Gasteiger partial charge in [0.1, 0.15) is 5.82 Å². The normalized spacial score (nSPS) is 11.8. The molecule has 0 spiro atoms. The number of nitrogens with one attached hydrogen (secondary N) is 2. The molecule has 0 saturated heterocycles. The van der Waals surface area contributed by atoms with Gasteiger partial charge in [0, 0.05) is 5.02 Å². The summed E-state index contributed by atoms with van der Waals surface area (Å²) < 4.78 is 39.3. The Morgan fingerprint density at radius 1 is 1.23 bits per heavy atom. The number of carbonyl (C=O) groups excluding carboxylic acids is 1. The fourth-order valence-electron chi connectivity index (χ4n) is 2.96. The molecule has 3 rings (SSSR count). The molecule has 10 heteroatoms. The molecule has 0 atom stereocenters. The van der Waals surface area contributed by atoms with Crippen LogP contribution in [-0.2, 0) is 17.5 Å². The van der Waals surface area contributed by atoms with Gasteiger partial charge in [-0.2, -0.15) is 13.2 Å². The van der Waals surface area contributed by atoms with E-state index in [1.54, 1.807) is 24.0 Å². The van der Waals surface area contributed by atoms with Crippen molar-refractivity contribution in [2.75, 3.05) is 18.4 Å². The highest BCUT2D eigenvalue weighted by Gasteiger charge is 2.33. The number of para-hydroxylation sites is 1. The quantitative estimate of drug-likeness (QED) is 0.608. The van der Waals surface area contributed by atoms with E-state index in [-0.39, 0.29) is 24.3 Å². The van der Waals surface area contributed by atoms with Crippen molar-refractivity contribution in [1.29, 1.82) is 0 Å². The minimum atomic E-state index is -4.58. The van der Waals surface area contributed by atoms with Crippen LogP contribution in [0, 0.1) is 0 Å². The van der Waals surface area contributed by atoms with E-state index in [1.807, 2.05) is 0 Å². The number of amides is 1. The number of nitrogens with zero attached hydrogens (tertiary/aromatic N) is 2. The molecule has 0 unspecified atom stereocenters. The van der Waals surface area contributed by atoms with Crippen LogP contribution in [0.5, 0.6) is 0 Å². The molecule has 3 aromatic rings. The third-order valence-electron chi connectivity index (χ3n) is 4.41. The Bertz CT molecular complexity index is 1130. The number of alkyl halides is 3. The van der Waals surface area contributed by atoms with Gasteiger partial charge in [0.25, 0.3) is 5.56 Å². The first kappa shape index (κ1) is 21.8. The lowest BCUT2D eigenvalue weighted by atomic mass is 10.1. The first-order valence-electron chi connectivity index (χ1n) is 9.04. The Labute approximate surface area is 174 Å². The molecule has 0 aliphatic carbocycles. The fourth-order valence-corrected chi connectivity index (χ4v) is 3.13. The van der Waals surface area contributed by atoms with E-state index in [2.05, 4.69) is 15.3 Å². The summed E-state index contributed by atoms with van der Waals surface area (Å²) >= 11 is 5.90. The van der Waals surface area contributed by atoms with Crippen molar-refractivity contribution in [3.05, 3.63) is 69.2 Å². The number of likely N-dealkylation sites (N-methyl/N-ethyl adjacent to an activating group) is 1. The summed E-state index contributed by atoms with van der Waals surface area (Å²) in [5.74, 6) is -0.274. The van der Waals surface area contributed by atoms with Gasteiger partial charge in [-0.25, -0.2) is 4.98 Å². The number of carbonyl (C=O) groups is 1. The van der Waals surface area contributed by atoms with E-state index < -0.39 is 17.6 Å². The van der Waals surface area contributed by atoms with Crippen LogP contribution >= 0.6 is 11.6 Å². The Balaban J connectivity index is 1.74. The zero-order valence-corrected chi connectivity index (χ0v) is 16.6. The van der Waals surface area contributed by atoms with Gasteiger partial charge < -0.3 is 10.3 Å². The van der Waals surface area contributed by atoms with Crippen LogP contribution in [0.2, 0.25) is 5.02 Å². The molecule has 1 heterocycles. The highest BCUT2D eigenvalue weighted by molar-refractivity contribution is 6.31. The van der Waals surface area contributed by atoms with Gasteiger partial charge in [-0.05, 0) is 36.9 Å². The predicted octanol–water partition coefficient (Wildman–Crippen LogP) is 4.06. The van der Waals surface area contributed by atoms with E-state index in [0.717, 1.165) is 6.07 Å². The lowest BCUT2D eigenvalue weighted by molar-refractivity contribution is -0.137. The van der Waals surface area contributed by atoms with Crippen LogP contribution in [0.25, 0.3) is 10.9 Å². The topological polar surface area (TPSA) is 78.1 Å². The van der Waals surface area contributed by atoms with Gasteiger partial charge in [0.05, 0.1) is 35.2 Å². The maximum Gasteiger partial charge on any atom is 0.418 e. The number of aromatic amines is 1. The Morgan fingerprint density at radius 2 is 1.97 bits per heavy atom. The van der Waals surface area contributed by atoms with Gasteiger partial charge in [0.15, 0.2) is 0 Å². The minimum Gasteiger partial charge on any atom is -0.324 e. The van der Waals surface area contributed by atoms with Crippen LogP contribution in [0.4, 0.5) is 18.9 Å². The van der Waals surface area contributed by atoms with Gasteiger partial charge in [0.2, 0.25) is 5.91 Å². The molecule has 0 radical (unpaired) electrons. The fraction of sp³-hybridized carbons (Fsp3) is 0.250. The van der Waals surface area contributed by atoms with Gasteiger partial charge in [-0.15, -0.1) is 0 Å². The largest absolute Gasteiger partial charge is 0.418 e.